The van der Waals surface area contributed by atoms with Gasteiger partial charge in [0.2, 0.25) is 0 Å². The molecule has 3 aromatic carbocycles. The molecule has 0 N–H and O–H groups in total. The highest BCUT2D eigenvalue weighted by atomic mass is 15.0. The second-order valence-electron chi connectivity index (χ2n) is 6.41. The summed E-state index contributed by atoms with van der Waals surface area (Å²) in [4.78, 5) is 18.8. The van der Waals surface area contributed by atoms with Gasteiger partial charge in [-0.15, -0.1) is 0 Å². The van der Waals surface area contributed by atoms with Crippen LogP contribution in [-0.2, 0) is 0 Å². The molecule has 2 heterocycles. The number of hydrogen-bond acceptors (Lipinski definition) is 4. The highest BCUT2D eigenvalue weighted by molar-refractivity contribution is 5.91. The summed E-state index contributed by atoms with van der Waals surface area (Å²) in [6, 6.07) is 30.2. The van der Waals surface area contributed by atoms with Gasteiger partial charge >= 0.3 is 0 Å². The molecule has 132 valence electrons. The number of nitrogens with zero attached hydrogens (tertiary/aromatic N) is 4. The summed E-state index contributed by atoms with van der Waals surface area (Å²) in [5, 5.41) is 0. The molecule has 0 amide bonds. The number of aromatic nitrogens is 4. The van der Waals surface area contributed by atoms with E-state index in [9.17, 15) is 0 Å². The van der Waals surface area contributed by atoms with Gasteiger partial charge in [0.05, 0.1) is 11.4 Å². The lowest BCUT2D eigenvalue weighted by Crippen LogP contribution is -1.99. The van der Waals surface area contributed by atoms with E-state index in [0.29, 0.717) is 11.2 Å². The van der Waals surface area contributed by atoms with Crippen molar-refractivity contribution in [2.24, 2.45) is 0 Å². The first-order valence-corrected chi connectivity index (χ1v) is 9.09. The highest BCUT2D eigenvalue weighted by Gasteiger charge is 2.16. The minimum Gasteiger partial charge on any atom is -0.240 e. The Morgan fingerprint density at radius 3 is 1.43 bits per heavy atom. The molecule has 0 unspecified atom stereocenters. The third-order valence-corrected chi connectivity index (χ3v) is 4.61. The van der Waals surface area contributed by atoms with E-state index in [2.05, 4.69) is 9.97 Å². The number of fused-ring (bicyclic) bond motifs is 1. The van der Waals surface area contributed by atoms with Crippen LogP contribution in [0.4, 0.5) is 0 Å². The third-order valence-electron chi connectivity index (χ3n) is 4.61. The molecule has 2 aromatic heterocycles. The Labute approximate surface area is 162 Å². The summed E-state index contributed by atoms with van der Waals surface area (Å²) in [6.07, 6.45) is 1.55. The molecule has 0 saturated heterocycles. The molecule has 0 aliphatic rings. The summed E-state index contributed by atoms with van der Waals surface area (Å²) < 4.78 is 0. The minimum atomic E-state index is 0.590. The summed E-state index contributed by atoms with van der Waals surface area (Å²) in [5.74, 6) is 0. The van der Waals surface area contributed by atoms with Gasteiger partial charge in [-0.1, -0.05) is 91.0 Å². The molecule has 5 aromatic rings. The molecule has 0 atom stereocenters. The van der Waals surface area contributed by atoms with Crippen LogP contribution in [0, 0.1) is 0 Å². The average Bonchev–Trinajstić information content (AvgIpc) is 2.79. The quantitative estimate of drug-likeness (QED) is 0.431. The van der Waals surface area contributed by atoms with Crippen molar-refractivity contribution in [3.8, 4) is 33.8 Å². The molecule has 4 heteroatoms. The molecule has 0 aliphatic carbocycles. The molecule has 28 heavy (non-hydrogen) atoms. The van der Waals surface area contributed by atoms with Crippen LogP contribution in [0.2, 0.25) is 0 Å². The van der Waals surface area contributed by atoms with Crippen LogP contribution >= 0.6 is 0 Å². The Balaban J connectivity index is 1.83. The SMILES string of the molecule is c1ccc(-c2nc3ncnc(-c4ccccc4)c3nc2-c2ccccc2)cc1. The first kappa shape index (κ1) is 16.3. The van der Waals surface area contributed by atoms with E-state index in [1.54, 1.807) is 6.33 Å². The lowest BCUT2D eigenvalue weighted by Gasteiger charge is -2.11. The van der Waals surface area contributed by atoms with Crippen molar-refractivity contribution in [2.45, 2.75) is 0 Å². The van der Waals surface area contributed by atoms with E-state index in [1.165, 1.54) is 0 Å². The van der Waals surface area contributed by atoms with Crippen molar-refractivity contribution in [2.75, 3.05) is 0 Å². The Bertz CT molecular complexity index is 1240. The molecule has 0 spiro atoms. The van der Waals surface area contributed by atoms with E-state index in [-0.39, 0.29) is 0 Å². The van der Waals surface area contributed by atoms with Gasteiger partial charge in [-0.05, 0) is 0 Å². The van der Waals surface area contributed by atoms with E-state index in [1.807, 2.05) is 91.0 Å². The second kappa shape index (κ2) is 7.00. The number of benzene rings is 3. The smallest absolute Gasteiger partial charge is 0.182 e. The van der Waals surface area contributed by atoms with E-state index >= 15 is 0 Å². The third kappa shape index (κ3) is 2.91. The second-order valence-corrected chi connectivity index (χ2v) is 6.41. The van der Waals surface area contributed by atoms with Crippen LogP contribution in [0.5, 0.6) is 0 Å². The molecule has 4 nitrogen and oxygen atoms in total. The zero-order valence-electron chi connectivity index (χ0n) is 15.0. The molecular weight excluding hydrogens is 344 g/mol. The summed E-state index contributed by atoms with van der Waals surface area (Å²) in [6.45, 7) is 0. The normalized spacial score (nSPS) is 10.9. The summed E-state index contributed by atoms with van der Waals surface area (Å²) in [5.41, 5.74) is 6.74. The van der Waals surface area contributed by atoms with Crippen LogP contribution in [-0.4, -0.2) is 19.9 Å². The Hall–Kier alpha value is -3.92. The summed E-state index contributed by atoms with van der Waals surface area (Å²) >= 11 is 0. The van der Waals surface area contributed by atoms with Crippen LogP contribution in [0.25, 0.3) is 44.9 Å². The van der Waals surface area contributed by atoms with Crippen molar-refractivity contribution >= 4 is 11.2 Å². The van der Waals surface area contributed by atoms with Crippen molar-refractivity contribution < 1.29 is 0 Å². The number of hydrogen-bond donors (Lipinski definition) is 0. The average molecular weight is 360 g/mol. The number of rotatable bonds is 3. The van der Waals surface area contributed by atoms with Crippen molar-refractivity contribution in [3.63, 3.8) is 0 Å². The highest BCUT2D eigenvalue weighted by Crippen LogP contribution is 2.32. The zero-order valence-corrected chi connectivity index (χ0v) is 15.0. The van der Waals surface area contributed by atoms with E-state index < -0.39 is 0 Å². The summed E-state index contributed by atoms with van der Waals surface area (Å²) in [7, 11) is 0. The van der Waals surface area contributed by atoms with Gasteiger partial charge in [0.1, 0.15) is 17.5 Å². The first-order chi connectivity index (χ1) is 13.9. The molecule has 0 radical (unpaired) electrons. The van der Waals surface area contributed by atoms with Crippen molar-refractivity contribution in [1.29, 1.82) is 0 Å². The van der Waals surface area contributed by atoms with Crippen molar-refractivity contribution in [1.82, 2.24) is 19.9 Å². The lowest BCUT2D eigenvalue weighted by atomic mass is 10.0. The predicted molar refractivity (Wildman–Crippen MR) is 111 cm³/mol. The van der Waals surface area contributed by atoms with Gasteiger partial charge in [-0.25, -0.2) is 19.9 Å². The van der Waals surface area contributed by atoms with E-state index in [0.717, 1.165) is 33.8 Å². The van der Waals surface area contributed by atoms with Crippen molar-refractivity contribution in [3.05, 3.63) is 97.3 Å². The van der Waals surface area contributed by atoms with Gasteiger partial charge in [0, 0.05) is 16.7 Å². The molecular formula is C24H16N4. The Morgan fingerprint density at radius 2 is 0.893 bits per heavy atom. The van der Waals surface area contributed by atoms with Gasteiger partial charge in [0.25, 0.3) is 0 Å². The minimum absolute atomic E-state index is 0.590. The standard InChI is InChI=1S/C24H16N4/c1-4-10-17(11-5-1)20-23-24(26-16-25-20)28-22(19-14-8-3-9-15-19)21(27-23)18-12-6-2-7-13-18/h1-16H. The maximum Gasteiger partial charge on any atom is 0.182 e. The predicted octanol–water partition coefficient (Wildman–Crippen LogP) is 5.42. The van der Waals surface area contributed by atoms with Crippen LogP contribution < -0.4 is 0 Å². The molecule has 0 saturated carbocycles. The van der Waals surface area contributed by atoms with Gasteiger partial charge in [-0.2, -0.15) is 0 Å². The zero-order chi connectivity index (χ0) is 18.8. The monoisotopic (exact) mass is 360 g/mol. The van der Waals surface area contributed by atoms with Crippen LogP contribution in [0.3, 0.4) is 0 Å². The van der Waals surface area contributed by atoms with Gasteiger partial charge in [0.15, 0.2) is 5.65 Å². The van der Waals surface area contributed by atoms with E-state index in [4.69, 9.17) is 9.97 Å². The maximum absolute atomic E-state index is 5.01. The lowest BCUT2D eigenvalue weighted by molar-refractivity contribution is 1.15. The molecule has 5 rings (SSSR count). The fraction of sp³-hybridized carbons (Fsp3) is 0. The van der Waals surface area contributed by atoms with Gasteiger partial charge in [-0.3, -0.25) is 0 Å². The maximum atomic E-state index is 5.01. The van der Waals surface area contributed by atoms with Gasteiger partial charge < -0.3 is 0 Å². The largest absolute Gasteiger partial charge is 0.240 e. The first-order valence-electron chi connectivity index (χ1n) is 9.09. The van der Waals surface area contributed by atoms with Crippen LogP contribution in [0.15, 0.2) is 97.3 Å². The van der Waals surface area contributed by atoms with Crippen LogP contribution in [0.1, 0.15) is 0 Å². The fourth-order valence-corrected chi connectivity index (χ4v) is 3.28. The molecule has 0 bridgehead atoms. The molecule has 0 fully saturated rings. The Morgan fingerprint density at radius 1 is 0.429 bits per heavy atom. The topological polar surface area (TPSA) is 51.6 Å². The molecule has 0 aliphatic heterocycles. The fourth-order valence-electron chi connectivity index (χ4n) is 3.28. The Kier molecular flexibility index (Phi) is 4.07.